The Hall–Kier alpha value is -1.60. The molecule has 3 rings (SSSR count). The zero-order chi connectivity index (χ0) is 19.3. The molecule has 0 saturated heterocycles. The van der Waals surface area contributed by atoms with Crippen molar-refractivity contribution < 1.29 is 5.48 Å². The maximum Gasteiger partial charge on any atom is 0.00481 e. The van der Waals surface area contributed by atoms with Gasteiger partial charge in [0.25, 0.3) is 0 Å². The van der Waals surface area contributed by atoms with Crippen molar-refractivity contribution in [2.45, 2.75) is 79.6 Å². The molecule has 2 unspecified atom stereocenters. The number of hydrogen-bond donors (Lipinski definition) is 0. The Bertz CT molecular complexity index is 681. The second-order valence-corrected chi connectivity index (χ2v) is 8.10. The molecule has 3 aliphatic rings. The van der Waals surface area contributed by atoms with E-state index in [1.807, 2.05) is 13.8 Å². The van der Waals surface area contributed by atoms with Crippen molar-refractivity contribution in [2.24, 2.45) is 11.8 Å². The molecule has 0 aromatic carbocycles. The van der Waals surface area contributed by atoms with Crippen LogP contribution in [0.1, 0.15) is 79.6 Å². The minimum atomic E-state index is 0. The maximum absolute atomic E-state index is 4.40. The highest BCUT2D eigenvalue weighted by molar-refractivity contribution is 5.48. The summed E-state index contributed by atoms with van der Waals surface area (Å²) in [6.45, 7) is 19.6. The molecule has 1 nitrogen and oxygen atoms in total. The molecular weight excluding hydrogens is 328 g/mol. The topological polar surface area (TPSA) is 31.5 Å². The van der Waals surface area contributed by atoms with Gasteiger partial charge in [0.05, 0.1) is 0 Å². The van der Waals surface area contributed by atoms with E-state index in [-0.39, 0.29) is 5.48 Å². The van der Waals surface area contributed by atoms with E-state index in [0.29, 0.717) is 5.92 Å². The molecule has 2 atom stereocenters. The molecule has 1 fully saturated rings. The second kappa shape index (κ2) is 10.7. The summed E-state index contributed by atoms with van der Waals surface area (Å²) in [4.78, 5) is 0. The van der Waals surface area contributed by atoms with Gasteiger partial charge in [-0.1, -0.05) is 68.9 Å². The summed E-state index contributed by atoms with van der Waals surface area (Å²) in [5, 5.41) is 0. The summed E-state index contributed by atoms with van der Waals surface area (Å²) < 4.78 is 0. The van der Waals surface area contributed by atoms with Crippen LogP contribution in [0.3, 0.4) is 0 Å². The smallest absolute Gasteiger partial charge is 0.00481 e. The zero-order valence-corrected chi connectivity index (χ0v) is 18.3. The van der Waals surface area contributed by atoms with Gasteiger partial charge in [-0.3, -0.25) is 0 Å². The van der Waals surface area contributed by atoms with E-state index in [2.05, 4.69) is 52.2 Å². The molecule has 0 radical (unpaired) electrons. The molecule has 27 heavy (non-hydrogen) atoms. The lowest BCUT2D eigenvalue weighted by Crippen LogP contribution is -2.18. The van der Waals surface area contributed by atoms with Gasteiger partial charge in [0.15, 0.2) is 0 Å². The first-order valence-electron chi connectivity index (χ1n) is 10.6. The van der Waals surface area contributed by atoms with Crippen molar-refractivity contribution in [1.29, 1.82) is 0 Å². The first-order valence-corrected chi connectivity index (χ1v) is 10.6. The molecule has 0 aliphatic heterocycles. The van der Waals surface area contributed by atoms with Gasteiger partial charge < -0.3 is 5.48 Å². The van der Waals surface area contributed by atoms with E-state index in [9.17, 15) is 0 Å². The summed E-state index contributed by atoms with van der Waals surface area (Å²) in [5.74, 6) is 1.40. The van der Waals surface area contributed by atoms with Gasteiger partial charge in [0.2, 0.25) is 0 Å². The van der Waals surface area contributed by atoms with Crippen molar-refractivity contribution in [3.63, 3.8) is 0 Å². The quantitative estimate of drug-likeness (QED) is 0.454. The van der Waals surface area contributed by atoms with Crippen LogP contribution < -0.4 is 0 Å². The van der Waals surface area contributed by atoms with Crippen molar-refractivity contribution in [3.05, 3.63) is 70.4 Å². The molecule has 3 aliphatic carbocycles. The molecule has 150 valence electrons. The lowest BCUT2D eigenvalue weighted by molar-refractivity contribution is 0.481. The highest BCUT2D eigenvalue weighted by Gasteiger charge is 2.27. The largest absolute Gasteiger partial charge is 0.412 e. The summed E-state index contributed by atoms with van der Waals surface area (Å²) >= 11 is 0. The van der Waals surface area contributed by atoms with E-state index in [1.54, 1.807) is 5.57 Å². The molecule has 1 heteroatoms. The number of rotatable bonds is 2. The third-order valence-corrected chi connectivity index (χ3v) is 6.25. The van der Waals surface area contributed by atoms with Crippen LogP contribution in [-0.2, 0) is 0 Å². The highest BCUT2D eigenvalue weighted by atomic mass is 16.0. The SMILES string of the molecule is C=C1CC(=C)C(C2=CCC(C)CC2)C/C1=C/C1=C(C)C(C)=CCC1.CC.O. The fourth-order valence-corrected chi connectivity index (χ4v) is 4.30. The van der Waals surface area contributed by atoms with Crippen LogP contribution in [0.25, 0.3) is 0 Å². The molecule has 0 bridgehead atoms. The number of allylic oxidation sites excluding steroid dienone is 10. The van der Waals surface area contributed by atoms with Crippen LogP contribution >= 0.6 is 0 Å². The average Bonchev–Trinajstić information content (AvgIpc) is 2.63. The van der Waals surface area contributed by atoms with E-state index < -0.39 is 0 Å². The van der Waals surface area contributed by atoms with Gasteiger partial charge in [0.1, 0.15) is 0 Å². The fraction of sp³-hybridized carbons (Fsp3) is 0.538. The third-order valence-electron chi connectivity index (χ3n) is 6.25. The van der Waals surface area contributed by atoms with E-state index in [4.69, 9.17) is 0 Å². The van der Waals surface area contributed by atoms with Crippen LogP contribution in [0, 0.1) is 11.8 Å². The minimum absolute atomic E-state index is 0. The zero-order valence-electron chi connectivity index (χ0n) is 18.3. The van der Waals surface area contributed by atoms with Gasteiger partial charge in [-0.05, 0) is 87.0 Å². The Morgan fingerprint density at radius 3 is 2.41 bits per heavy atom. The summed E-state index contributed by atoms with van der Waals surface area (Å²) in [5.41, 5.74) is 10.2. The molecule has 0 amide bonds. The molecule has 0 aromatic rings. The average molecular weight is 369 g/mol. The van der Waals surface area contributed by atoms with Crippen LogP contribution in [0.5, 0.6) is 0 Å². The minimum Gasteiger partial charge on any atom is -0.412 e. The summed E-state index contributed by atoms with van der Waals surface area (Å²) in [6.07, 6.45) is 15.6. The standard InChI is InChI=1S/C24H32.C2H6.H2O/c1-16-9-11-21(12-10-16)24-15-23(18(3)13-19(24)4)14-22-8-6-7-17(2)20(22)5;1-2;/h7,11,14,16,24H,3-4,6,8-10,12-13,15H2,1-2,5H3;1-2H3;1H2/b23-14-;;. The first kappa shape index (κ1) is 23.4. The Kier molecular flexibility index (Phi) is 9.26. The molecule has 0 heterocycles. The predicted octanol–water partition coefficient (Wildman–Crippen LogP) is 7.44. The Morgan fingerprint density at radius 2 is 1.78 bits per heavy atom. The Labute approximate surface area is 167 Å². The van der Waals surface area contributed by atoms with Gasteiger partial charge in [0, 0.05) is 5.92 Å². The lowest BCUT2D eigenvalue weighted by Gasteiger charge is -2.33. The molecule has 0 spiro atoms. The van der Waals surface area contributed by atoms with Gasteiger partial charge in [-0.2, -0.15) is 0 Å². The van der Waals surface area contributed by atoms with Crippen molar-refractivity contribution in [1.82, 2.24) is 0 Å². The molecular formula is C26H40O. The predicted molar refractivity (Wildman–Crippen MR) is 121 cm³/mol. The van der Waals surface area contributed by atoms with E-state index >= 15 is 0 Å². The Balaban J connectivity index is 0.00000118. The van der Waals surface area contributed by atoms with Crippen molar-refractivity contribution in [3.8, 4) is 0 Å². The van der Waals surface area contributed by atoms with Gasteiger partial charge in [-0.25, -0.2) is 0 Å². The number of hydrogen-bond acceptors (Lipinski definition) is 0. The van der Waals surface area contributed by atoms with Crippen molar-refractivity contribution >= 4 is 0 Å². The van der Waals surface area contributed by atoms with Crippen LogP contribution in [0.15, 0.2) is 70.4 Å². The Morgan fingerprint density at radius 1 is 1.07 bits per heavy atom. The molecule has 0 aromatic heterocycles. The van der Waals surface area contributed by atoms with E-state index in [0.717, 1.165) is 18.8 Å². The van der Waals surface area contributed by atoms with Crippen molar-refractivity contribution in [2.75, 3.05) is 0 Å². The maximum atomic E-state index is 4.40. The first-order chi connectivity index (χ1) is 12.5. The highest BCUT2D eigenvalue weighted by Crippen LogP contribution is 2.43. The van der Waals surface area contributed by atoms with Gasteiger partial charge >= 0.3 is 0 Å². The normalized spacial score (nSPS) is 27.4. The van der Waals surface area contributed by atoms with Crippen LogP contribution in [0.4, 0.5) is 0 Å². The van der Waals surface area contributed by atoms with Gasteiger partial charge in [-0.15, -0.1) is 0 Å². The second-order valence-electron chi connectivity index (χ2n) is 8.10. The lowest BCUT2D eigenvalue weighted by atomic mass is 9.72. The monoisotopic (exact) mass is 368 g/mol. The summed E-state index contributed by atoms with van der Waals surface area (Å²) in [6, 6.07) is 0. The molecule has 2 N–H and O–H groups in total. The fourth-order valence-electron chi connectivity index (χ4n) is 4.30. The van der Waals surface area contributed by atoms with Crippen LogP contribution in [0.2, 0.25) is 0 Å². The molecule has 1 saturated carbocycles. The van der Waals surface area contributed by atoms with Crippen LogP contribution in [-0.4, -0.2) is 5.48 Å². The third kappa shape index (κ3) is 5.69. The summed E-state index contributed by atoms with van der Waals surface area (Å²) in [7, 11) is 0. The van der Waals surface area contributed by atoms with E-state index in [1.165, 1.54) is 65.5 Å².